The van der Waals surface area contributed by atoms with E-state index in [1.54, 1.807) is 23.8 Å². The molecule has 4 rings (SSSR count). The van der Waals surface area contributed by atoms with Gasteiger partial charge in [0.05, 0.1) is 23.3 Å². The van der Waals surface area contributed by atoms with E-state index in [9.17, 15) is 23.1 Å². The highest BCUT2D eigenvalue weighted by Gasteiger charge is 2.31. The summed E-state index contributed by atoms with van der Waals surface area (Å²) in [6.07, 6.45) is -2.98. The molecular weight excluding hydrogens is 435 g/mol. The molecule has 33 heavy (non-hydrogen) atoms. The number of aromatic nitrogens is 2. The summed E-state index contributed by atoms with van der Waals surface area (Å²) >= 11 is 0. The number of hydrogen-bond donors (Lipinski definition) is 2. The fraction of sp³-hybridized carbons (Fsp3) is 0.167. The van der Waals surface area contributed by atoms with Crippen molar-refractivity contribution < 1.29 is 27.8 Å². The van der Waals surface area contributed by atoms with E-state index < -0.39 is 6.36 Å². The number of anilines is 1. The second-order valence-electron chi connectivity index (χ2n) is 7.59. The Labute approximate surface area is 187 Å². The van der Waals surface area contributed by atoms with Crippen molar-refractivity contribution in [3.05, 3.63) is 72.1 Å². The Bertz CT molecular complexity index is 1330. The number of aryl methyl sites for hydroxylation is 1. The van der Waals surface area contributed by atoms with Gasteiger partial charge < -0.3 is 19.7 Å². The summed E-state index contributed by atoms with van der Waals surface area (Å²) < 4.78 is 42.5. The Hall–Kier alpha value is -4.01. The van der Waals surface area contributed by atoms with Gasteiger partial charge in [0.2, 0.25) is 11.8 Å². The summed E-state index contributed by atoms with van der Waals surface area (Å²) in [4.78, 5) is 16.0. The Balaban J connectivity index is 1.64. The lowest BCUT2D eigenvalue weighted by atomic mass is 10.1. The molecule has 0 aliphatic heterocycles. The molecule has 0 fully saturated rings. The minimum Gasteiger partial charge on any atom is -0.494 e. The first-order valence-electron chi connectivity index (χ1n) is 10.0. The van der Waals surface area contributed by atoms with Gasteiger partial charge in [-0.25, -0.2) is 0 Å². The molecule has 2 aromatic carbocycles. The molecule has 170 valence electrons. The Morgan fingerprint density at radius 3 is 2.55 bits per heavy atom. The van der Waals surface area contributed by atoms with Crippen molar-refractivity contribution in [2.45, 2.75) is 26.8 Å². The maximum absolute atomic E-state index is 12.3. The molecule has 2 heterocycles. The predicted octanol–water partition coefficient (Wildman–Crippen LogP) is 5.62. The van der Waals surface area contributed by atoms with Crippen molar-refractivity contribution in [3.63, 3.8) is 0 Å². The summed E-state index contributed by atoms with van der Waals surface area (Å²) in [6, 6.07) is 14.6. The first kappa shape index (κ1) is 22.2. The van der Waals surface area contributed by atoms with Gasteiger partial charge in [0, 0.05) is 29.8 Å². The normalized spacial score (nSPS) is 11.5. The van der Waals surface area contributed by atoms with Crippen LogP contribution in [-0.4, -0.2) is 26.9 Å². The quantitative estimate of drug-likeness (QED) is 0.409. The maximum Gasteiger partial charge on any atom is 0.573 e. The standard InChI is InChI=1S/C24H20F3N3O3/c1-14-22-18(11-21(28-14)17-4-3-5-19(10-17)29-15(2)31)13-30(23(22)32)12-16-6-8-20(9-7-16)33-24(25,26)27/h3-11,13,32H,12H2,1-2H3,(H,29,31). The molecular formula is C24H20F3N3O3. The van der Waals surface area contributed by atoms with Gasteiger partial charge in [-0.15, -0.1) is 13.2 Å². The molecule has 4 aromatic rings. The van der Waals surface area contributed by atoms with E-state index in [1.165, 1.54) is 31.2 Å². The highest BCUT2D eigenvalue weighted by molar-refractivity contribution is 5.93. The molecule has 2 N–H and O–H groups in total. The molecule has 9 heteroatoms. The third-order valence-electron chi connectivity index (χ3n) is 5.01. The van der Waals surface area contributed by atoms with Crippen molar-refractivity contribution >= 4 is 22.4 Å². The molecule has 0 atom stereocenters. The first-order valence-corrected chi connectivity index (χ1v) is 10.0. The van der Waals surface area contributed by atoms with Crippen LogP contribution < -0.4 is 10.1 Å². The van der Waals surface area contributed by atoms with Gasteiger partial charge in [-0.3, -0.25) is 9.78 Å². The largest absolute Gasteiger partial charge is 0.573 e. The van der Waals surface area contributed by atoms with E-state index >= 15 is 0 Å². The summed E-state index contributed by atoms with van der Waals surface area (Å²) in [5.74, 6) is -0.463. The number of pyridine rings is 1. The molecule has 6 nitrogen and oxygen atoms in total. The number of benzene rings is 2. The number of alkyl halides is 3. The third kappa shape index (κ3) is 5.08. The summed E-state index contributed by atoms with van der Waals surface area (Å²) in [7, 11) is 0. The van der Waals surface area contributed by atoms with Crippen LogP contribution in [0.25, 0.3) is 22.0 Å². The minimum atomic E-state index is -4.75. The molecule has 0 spiro atoms. The number of carbonyl (C=O) groups excluding carboxylic acids is 1. The number of hydrogen-bond acceptors (Lipinski definition) is 4. The Morgan fingerprint density at radius 2 is 1.88 bits per heavy atom. The van der Waals surface area contributed by atoms with Gasteiger partial charge in [-0.05, 0) is 42.8 Å². The van der Waals surface area contributed by atoms with Gasteiger partial charge in [0.15, 0.2) is 0 Å². The second-order valence-corrected chi connectivity index (χ2v) is 7.59. The molecule has 1 amide bonds. The number of aromatic hydroxyl groups is 1. The van der Waals surface area contributed by atoms with Crippen LogP contribution >= 0.6 is 0 Å². The zero-order valence-corrected chi connectivity index (χ0v) is 17.8. The van der Waals surface area contributed by atoms with Gasteiger partial charge in [-0.2, -0.15) is 0 Å². The summed E-state index contributed by atoms with van der Waals surface area (Å²) in [5, 5.41) is 14.8. The number of carbonyl (C=O) groups is 1. The van der Waals surface area contributed by atoms with Crippen molar-refractivity contribution in [1.29, 1.82) is 0 Å². The minimum absolute atomic E-state index is 0.0177. The maximum atomic E-state index is 12.3. The molecule has 0 unspecified atom stereocenters. The van der Waals surface area contributed by atoms with Crippen molar-refractivity contribution in [3.8, 4) is 22.9 Å². The molecule has 0 bridgehead atoms. The fourth-order valence-electron chi connectivity index (χ4n) is 3.68. The lowest BCUT2D eigenvalue weighted by Gasteiger charge is -2.10. The van der Waals surface area contributed by atoms with Crippen LogP contribution in [-0.2, 0) is 11.3 Å². The average molecular weight is 455 g/mol. The second kappa shape index (κ2) is 8.50. The van der Waals surface area contributed by atoms with Crippen LogP contribution in [0, 0.1) is 6.92 Å². The van der Waals surface area contributed by atoms with Crippen LogP contribution in [0.1, 0.15) is 18.2 Å². The number of fused-ring (bicyclic) bond motifs is 1. The van der Waals surface area contributed by atoms with E-state index in [1.807, 2.05) is 24.3 Å². The van der Waals surface area contributed by atoms with Gasteiger partial charge >= 0.3 is 6.36 Å². The number of ether oxygens (including phenoxy) is 1. The number of rotatable bonds is 5. The monoisotopic (exact) mass is 455 g/mol. The van der Waals surface area contributed by atoms with Crippen molar-refractivity contribution in [2.24, 2.45) is 0 Å². The van der Waals surface area contributed by atoms with Crippen LogP contribution in [0.4, 0.5) is 18.9 Å². The Kier molecular flexibility index (Phi) is 5.71. The lowest BCUT2D eigenvalue weighted by Crippen LogP contribution is -2.17. The highest BCUT2D eigenvalue weighted by atomic mass is 19.4. The van der Waals surface area contributed by atoms with Gasteiger partial charge in [0.1, 0.15) is 5.75 Å². The summed E-state index contributed by atoms with van der Waals surface area (Å²) in [5.41, 5.74) is 3.45. The number of halogens is 3. The lowest BCUT2D eigenvalue weighted by molar-refractivity contribution is -0.274. The first-order chi connectivity index (χ1) is 15.6. The zero-order valence-electron chi connectivity index (χ0n) is 17.8. The van der Waals surface area contributed by atoms with Gasteiger partial charge in [-0.1, -0.05) is 24.3 Å². The Morgan fingerprint density at radius 1 is 1.15 bits per heavy atom. The van der Waals surface area contributed by atoms with E-state index in [4.69, 9.17) is 0 Å². The molecule has 0 saturated carbocycles. The number of nitrogens with zero attached hydrogens (tertiary/aromatic N) is 2. The molecule has 0 aliphatic carbocycles. The average Bonchev–Trinajstić information content (AvgIpc) is 3.04. The topological polar surface area (TPSA) is 76.4 Å². The highest BCUT2D eigenvalue weighted by Crippen LogP contribution is 2.33. The summed E-state index contributed by atoms with van der Waals surface area (Å²) in [6.45, 7) is 3.47. The van der Waals surface area contributed by atoms with Crippen LogP contribution in [0.5, 0.6) is 11.6 Å². The van der Waals surface area contributed by atoms with E-state index in [0.29, 0.717) is 28.0 Å². The molecule has 0 radical (unpaired) electrons. The fourth-order valence-corrected chi connectivity index (χ4v) is 3.68. The molecule has 0 aliphatic rings. The number of nitrogens with one attached hydrogen (secondary N) is 1. The number of amides is 1. The van der Waals surface area contributed by atoms with Gasteiger partial charge in [0.25, 0.3) is 0 Å². The van der Waals surface area contributed by atoms with Crippen molar-refractivity contribution in [1.82, 2.24) is 9.55 Å². The van der Waals surface area contributed by atoms with E-state index in [2.05, 4.69) is 15.0 Å². The predicted molar refractivity (Wildman–Crippen MR) is 118 cm³/mol. The van der Waals surface area contributed by atoms with E-state index in [-0.39, 0.29) is 24.1 Å². The zero-order chi connectivity index (χ0) is 23.8. The van der Waals surface area contributed by atoms with Crippen LogP contribution in [0.2, 0.25) is 0 Å². The SMILES string of the molecule is CC(=O)Nc1cccc(-c2cc3cn(Cc4ccc(OC(F)(F)F)cc4)c(O)c3c(C)n2)c1. The van der Waals surface area contributed by atoms with E-state index in [0.717, 1.165) is 10.9 Å². The van der Waals surface area contributed by atoms with Crippen molar-refractivity contribution in [2.75, 3.05) is 5.32 Å². The third-order valence-corrected chi connectivity index (χ3v) is 5.01. The molecule has 2 aromatic heterocycles. The van der Waals surface area contributed by atoms with Crippen LogP contribution in [0.15, 0.2) is 60.8 Å². The smallest absolute Gasteiger partial charge is 0.494 e. The molecule has 0 saturated heterocycles. The van der Waals surface area contributed by atoms with Crippen LogP contribution in [0.3, 0.4) is 0 Å².